The minimum absolute atomic E-state index is 0.0596. The van der Waals surface area contributed by atoms with Gasteiger partial charge in [-0.1, -0.05) is 0 Å². The maximum absolute atomic E-state index is 5.90. The first-order valence-electron chi connectivity index (χ1n) is 6.10. The lowest BCUT2D eigenvalue weighted by Crippen LogP contribution is -2.51. The van der Waals surface area contributed by atoms with Gasteiger partial charge in [-0.15, -0.1) is 0 Å². The number of nitrogens with zero attached hydrogens (tertiary/aromatic N) is 1. The maximum Gasteiger partial charge on any atom is 0.0940 e. The average molecular weight is 230 g/mol. The van der Waals surface area contributed by atoms with Crippen molar-refractivity contribution in [3.05, 3.63) is 0 Å². The molecule has 1 atom stereocenters. The quantitative estimate of drug-likeness (QED) is 0.682. The fraction of sp³-hybridized carbons (Fsp3) is 1.00. The zero-order chi connectivity index (χ0) is 12.0. The fourth-order valence-corrected chi connectivity index (χ4v) is 1.86. The Morgan fingerprint density at radius 1 is 1.44 bits per heavy atom. The van der Waals surface area contributed by atoms with Crippen LogP contribution >= 0.6 is 0 Å². The van der Waals surface area contributed by atoms with Crippen molar-refractivity contribution in [3.63, 3.8) is 0 Å². The van der Waals surface area contributed by atoms with Crippen molar-refractivity contribution in [2.75, 3.05) is 46.9 Å². The maximum atomic E-state index is 5.90. The van der Waals surface area contributed by atoms with E-state index in [1.807, 2.05) is 0 Å². The third kappa shape index (κ3) is 5.80. The molecule has 0 aromatic carbocycles. The molecule has 1 N–H and O–H groups in total. The number of rotatable bonds is 6. The Bertz CT molecular complexity index is 195. The molecule has 1 fully saturated rings. The third-order valence-electron chi connectivity index (χ3n) is 2.61. The second-order valence-corrected chi connectivity index (χ2v) is 5.36. The van der Waals surface area contributed by atoms with Crippen LogP contribution in [-0.4, -0.2) is 63.5 Å². The summed E-state index contributed by atoms with van der Waals surface area (Å²) in [6.07, 6.45) is 1.28. The topological polar surface area (TPSA) is 33.7 Å². The van der Waals surface area contributed by atoms with E-state index in [0.717, 1.165) is 32.7 Å². The van der Waals surface area contributed by atoms with Crippen LogP contribution in [0.5, 0.6) is 0 Å². The van der Waals surface area contributed by atoms with Crippen molar-refractivity contribution in [1.82, 2.24) is 10.2 Å². The Balaban J connectivity index is 2.04. The lowest BCUT2D eigenvalue weighted by Gasteiger charge is -2.36. The van der Waals surface area contributed by atoms with Crippen LogP contribution in [0.1, 0.15) is 20.3 Å². The molecule has 1 aliphatic rings. The predicted octanol–water partition coefficient (Wildman–Crippen LogP) is 0.722. The van der Waals surface area contributed by atoms with Crippen LogP contribution in [-0.2, 0) is 9.47 Å². The van der Waals surface area contributed by atoms with Gasteiger partial charge in [-0.25, -0.2) is 0 Å². The molecule has 1 saturated heterocycles. The first-order valence-corrected chi connectivity index (χ1v) is 6.10. The summed E-state index contributed by atoms with van der Waals surface area (Å²) < 4.78 is 11.5. The highest BCUT2D eigenvalue weighted by atomic mass is 16.5. The summed E-state index contributed by atoms with van der Waals surface area (Å²) in [6.45, 7) is 8.63. The molecule has 4 nitrogen and oxygen atoms in total. The van der Waals surface area contributed by atoms with Gasteiger partial charge in [-0.3, -0.25) is 0 Å². The average Bonchev–Trinajstić information content (AvgIpc) is 2.15. The van der Waals surface area contributed by atoms with Crippen LogP contribution in [0.2, 0.25) is 0 Å². The van der Waals surface area contributed by atoms with E-state index in [2.05, 4.69) is 38.2 Å². The van der Waals surface area contributed by atoms with Crippen molar-refractivity contribution >= 4 is 0 Å². The molecule has 16 heavy (non-hydrogen) atoms. The van der Waals surface area contributed by atoms with E-state index in [1.165, 1.54) is 0 Å². The molecule has 96 valence electrons. The van der Waals surface area contributed by atoms with E-state index >= 15 is 0 Å². The Morgan fingerprint density at radius 2 is 2.19 bits per heavy atom. The highest BCUT2D eigenvalue weighted by Crippen LogP contribution is 2.15. The van der Waals surface area contributed by atoms with Gasteiger partial charge in [0.2, 0.25) is 0 Å². The van der Waals surface area contributed by atoms with Gasteiger partial charge in [0.15, 0.2) is 0 Å². The SMILES string of the molecule is CN(C)CCCOCC1CNCC(C)(C)O1. The molecule has 0 bridgehead atoms. The summed E-state index contributed by atoms with van der Waals surface area (Å²) in [5.74, 6) is 0. The van der Waals surface area contributed by atoms with Crippen molar-refractivity contribution < 1.29 is 9.47 Å². The molecule has 1 unspecified atom stereocenters. The first kappa shape index (κ1) is 13.9. The summed E-state index contributed by atoms with van der Waals surface area (Å²) in [7, 11) is 4.16. The molecule has 0 spiro atoms. The molecule has 0 amide bonds. The van der Waals surface area contributed by atoms with E-state index in [0.29, 0.717) is 6.61 Å². The van der Waals surface area contributed by atoms with Gasteiger partial charge in [0, 0.05) is 19.7 Å². The molecule has 0 saturated carbocycles. The van der Waals surface area contributed by atoms with Gasteiger partial charge >= 0.3 is 0 Å². The van der Waals surface area contributed by atoms with Crippen LogP contribution in [0.4, 0.5) is 0 Å². The zero-order valence-corrected chi connectivity index (χ0v) is 11.1. The van der Waals surface area contributed by atoms with E-state index in [9.17, 15) is 0 Å². The van der Waals surface area contributed by atoms with Crippen molar-refractivity contribution in [2.45, 2.75) is 32.0 Å². The van der Waals surface area contributed by atoms with Crippen LogP contribution < -0.4 is 5.32 Å². The number of hydrogen-bond acceptors (Lipinski definition) is 4. The lowest BCUT2D eigenvalue weighted by atomic mass is 10.1. The largest absolute Gasteiger partial charge is 0.379 e. The standard InChI is InChI=1S/C12H26N2O2/c1-12(2)10-13-8-11(16-12)9-15-7-5-6-14(3)4/h11,13H,5-10H2,1-4H3. The second kappa shape index (κ2) is 6.55. The highest BCUT2D eigenvalue weighted by Gasteiger charge is 2.28. The number of morpholine rings is 1. The Hall–Kier alpha value is -0.160. The molecule has 0 radical (unpaired) electrons. The van der Waals surface area contributed by atoms with E-state index < -0.39 is 0 Å². The van der Waals surface area contributed by atoms with Crippen LogP contribution in [0.15, 0.2) is 0 Å². The van der Waals surface area contributed by atoms with E-state index in [-0.39, 0.29) is 11.7 Å². The zero-order valence-electron chi connectivity index (χ0n) is 11.1. The van der Waals surface area contributed by atoms with Gasteiger partial charge < -0.3 is 19.7 Å². The van der Waals surface area contributed by atoms with Gasteiger partial charge in [0.05, 0.1) is 18.3 Å². The van der Waals surface area contributed by atoms with Crippen LogP contribution in [0.25, 0.3) is 0 Å². The molecule has 4 heteroatoms. The van der Waals surface area contributed by atoms with Gasteiger partial charge in [-0.2, -0.15) is 0 Å². The lowest BCUT2D eigenvalue weighted by molar-refractivity contribution is -0.120. The minimum Gasteiger partial charge on any atom is -0.379 e. The first-order chi connectivity index (χ1) is 7.49. The smallest absolute Gasteiger partial charge is 0.0940 e. The van der Waals surface area contributed by atoms with Crippen LogP contribution in [0.3, 0.4) is 0 Å². The Kier molecular flexibility index (Phi) is 5.69. The summed E-state index contributed by atoms with van der Waals surface area (Å²) in [6, 6.07) is 0. The molecular weight excluding hydrogens is 204 g/mol. The molecule has 0 aliphatic carbocycles. The van der Waals surface area contributed by atoms with Gasteiger partial charge in [0.25, 0.3) is 0 Å². The van der Waals surface area contributed by atoms with Crippen molar-refractivity contribution in [1.29, 1.82) is 0 Å². The highest BCUT2D eigenvalue weighted by molar-refractivity contribution is 4.81. The summed E-state index contributed by atoms with van der Waals surface area (Å²) >= 11 is 0. The van der Waals surface area contributed by atoms with E-state index in [4.69, 9.17) is 9.47 Å². The second-order valence-electron chi connectivity index (χ2n) is 5.36. The molecule has 1 rings (SSSR count). The molecule has 0 aromatic heterocycles. The molecular formula is C12H26N2O2. The Morgan fingerprint density at radius 3 is 2.81 bits per heavy atom. The molecule has 1 heterocycles. The number of hydrogen-bond donors (Lipinski definition) is 1. The van der Waals surface area contributed by atoms with Crippen molar-refractivity contribution in [2.24, 2.45) is 0 Å². The van der Waals surface area contributed by atoms with E-state index in [1.54, 1.807) is 0 Å². The fourth-order valence-electron chi connectivity index (χ4n) is 1.86. The molecule has 0 aromatic rings. The van der Waals surface area contributed by atoms with Gasteiger partial charge in [-0.05, 0) is 40.9 Å². The number of ether oxygens (including phenoxy) is 2. The van der Waals surface area contributed by atoms with Crippen LogP contribution in [0, 0.1) is 0 Å². The minimum atomic E-state index is -0.0596. The Labute approximate surface area is 99.3 Å². The summed E-state index contributed by atoms with van der Waals surface area (Å²) in [5, 5.41) is 3.37. The third-order valence-corrected chi connectivity index (χ3v) is 2.61. The summed E-state index contributed by atoms with van der Waals surface area (Å²) in [4.78, 5) is 2.17. The molecule has 1 aliphatic heterocycles. The van der Waals surface area contributed by atoms with Gasteiger partial charge in [0.1, 0.15) is 0 Å². The number of nitrogens with one attached hydrogen (secondary N) is 1. The predicted molar refractivity (Wildman–Crippen MR) is 65.8 cm³/mol. The monoisotopic (exact) mass is 230 g/mol. The normalized spacial score (nSPS) is 24.9. The van der Waals surface area contributed by atoms with Crippen molar-refractivity contribution in [3.8, 4) is 0 Å². The summed E-state index contributed by atoms with van der Waals surface area (Å²) in [5.41, 5.74) is -0.0596.